The third-order valence-corrected chi connectivity index (χ3v) is 4.03. The summed E-state index contributed by atoms with van der Waals surface area (Å²) >= 11 is 0. The Kier molecular flexibility index (Phi) is 5.30. The summed E-state index contributed by atoms with van der Waals surface area (Å²) in [7, 11) is 2.99. The summed E-state index contributed by atoms with van der Waals surface area (Å²) in [6.07, 6.45) is -0.346. The third-order valence-electron chi connectivity index (χ3n) is 4.03. The number of nitro groups is 1. The van der Waals surface area contributed by atoms with E-state index in [1.165, 1.54) is 30.2 Å². The highest BCUT2D eigenvalue weighted by Gasteiger charge is 2.25. The van der Waals surface area contributed by atoms with E-state index in [0.717, 1.165) is 0 Å². The van der Waals surface area contributed by atoms with Crippen LogP contribution in [0.3, 0.4) is 0 Å². The summed E-state index contributed by atoms with van der Waals surface area (Å²) in [5, 5.41) is 13.8. The Morgan fingerprint density at radius 3 is 2.78 bits per heavy atom. The first kappa shape index (κ1) is 18.3. The molecule has 0 aliphatic carbocycles. The molecule has 9 heteroatoms. The van der Waals surface area contributed by atoms with Gasteiger partial charge in [0.2, 0.25) is 0 Å². The van der Waals surface area contributed by atoms with Crippen molar-refractivity contribution >= 4 is 17.4 Å². The number of carbonyl (C=O) groups excluding carboxylic acids is 1. The Balaban J connectivity index is 1.64. The van der Waals surface area contributed by atoms with Gasteiger partial charge in [-0.15, -0.1) is 0 Å². The van der Waals surface area contributed by atoms with Crippen LogP contribution < -0.4 is 19.5 Å². The molecule has 0 aromatic heterocycles. The number of para-hydroxylation sites is 2. The number of nitrogens with one attached hydrogen (secondary N) is 1. The molecule has 0 bridgehead atoms. The van der Waals surface area contributed by atoms with Crippen molar-refractivity contribution < 1.29 is 23.9 Å². The average Bonchev–Trinajstić information content (AvgIpc) is 2.67. The number of nitrogens with zero attached hydrogens (tertiary/aromatic N) is 2. The zero-order valence-corrected chi connectivity index (χ0v) is 14.9. The number of benzene rings is 2. The fourth-order valence-corrected chi connectivity index (χ4v) is 2.65. The van der Waals surface area contributed by atoms with Crippen LogP contribution in [0, 0.1) is 10.1 Å². The molecule has 0 radical (unpaired) electrons. The molecule has 142 valence electrons. The van der Waals surface area contributed by atoms with Gasteiger partial charge in [-0.1, -0.05) is 12.1 Å². The molecule has 0 unspecified atom stereocenters. The lowest BCUT2D eigenvalue weighted by Crippen LogP contribution is -2.43. The number of likely N-dealkylation sites (N-methyl/N-ethyl adjacent to an activating group) is 1. The number of fused-ring (bicyclic) bond motifs is 1. The van der Waals surface area contributed by atoms with Crippen LogP contribution >= 0.6 is 0 Å². The fourth-order valence-electron chi connectivity index (χ4n) is 2.65. The van der Waals surface area contributed by atoms with Crippen molar-refractivity contribution in [1.29, 1.82) is 0 Å². The van der Waals surface area contributed by atoms with Crippen LogP contribution in [0.1, 0.15) is 0 Å². The standard InChI is InChI=1S/C18H19N3O6/c1-20(10-13-11-26-16-5-3-4-6-17(16)27-13)18(22)19-14-8-7-12(25-2)9-15(14)21(23)24/h3-9,13H,10-11H2,1-2H3,(H,19,22)/t13-/m1/s1. The number of ether oxygens (including phenoxy) is 3. The highest BCUT2D eigenvalue weighted by atomic mass is 16.6. The van der Waals surface area contributed by atoms with Crippen molar-refractivity contribution in [3.63, 3.8) is 0 Å². The van der Waals surface area contributed by atoms with E-state index in [4.69, 9.17) is 14.2 Å². The second-order valence-electron chi connectivity index (χ2n) is 5.95. The van der Waals surface area contributed by atoms with Gasteiger partial charge in [0.15, 0.2) is 17.6 Å². The minimum Gasteiger partial charge on any atom is -0.496 e. The lowest BCUT2D eigenvalue weighted by molar-refractivity contribution is -0.384. The minimum absolute atomic E-state index is 0.0869. The van der Waals surface area contributed by atoms with Gasteiger partial charge < -0.3 is 24.4 Å². The summed E-state index contributed by atoms with van der Waals surface area (Å²) in [6.45, 7) is 0.557. The third kappa shape index (κ3) is 4.20. The maximum absolute atomic E-state index is 12.4. The molecule has 2 aromatic rings. The molecular weight excluding hydrogens is 354 g/mol. The van der Waals surface area contributed by atoms with Gasteiger partial charge in [-0.25, -0.2) is 4.79 Å². The number of rotatable bonds is 5. The fraction of sp³-hybridized carbons (Fsp3) is 0.278. The van der Waals surface area contributed by atoms with Crippen LogP contribution in [0.4, 0.5) is 16.2 Å². The van der Waals surface area contributed by atoms with E-state index in [9.17, 15) is 14.9 Å². The predicted octanol–water partition coefficient (Wildman–Crippen LogP) is 2.91. The summed E-state index contributed by atoms with van der Waals surface area (Å²) in [6, 6.07) is 11.0. The maximum atomic E-state index is 12.4. The Hall–Kier alpha value is -3.49. The summed E-state index contributed by atoms with van der Waals surface area (Å²) in [5.41, 5.74) is -0.161. The molecule has 3 rings (SSSR count). The molecule has 0 spiro atoms. The summed E-state index contributed by atoms with van der Waals surface area (Å²) in [4.78, 5) is 24.5. The van der Waals surface area contributed by atoms with Crippen LogP contribution in [-0.4, -0.2) is 49.3 Å². The molecule has 0 fully saturated rings. The van der Waals surface area contributed by atoms with E-state index in [2.05, 4.69) is 5.32 Å². The molecule has 2 amide bonds. The van der Waals surface area contributed by atoms with Crippen LogP contribution in [0.2, 0.25) is 0 Å². The molecule has 1 heterocycles. The highest BCUT2D eigenvalue weighted by molar-refractivity contribution is 5.91. The minimum atomic E-state index is -0.576. The first-order chi connectivity index (χ1) is 13.0. The lowest BCUT2D eigenvalue weighted by atomic mass is 10.2. The van der Waals surface area contributed by atoms with Crippen molar-refractivity contribution in [2.75, 3.05) is 32.6 Å². The van der Waals surface area contributed by atoms with Crippen molar-refractivity contribution in [3.05, 3.63) is 52.6 Å². The van der Waals surface area contributed by atoms with Gasteiger partial charge in [0.25, 0.3) is 5.69 Å². The normalized spacial score (nSPS) is 15.0. The number of hydrogen-bond acceptors (Lipinski definition) is 6. The number of anilines is 1. The van der Waals surface area contributed by atoms with Gasteiger partial charge in [-0.3, -0.25) is 10.1 Å². The zero-order chi connectivity index (χ0) is 19.4. The molecule has 0 saturated carbocycles. The number of amides is 2. The Morgan fingerprint density at radius 1 is 1.33 bits per heavy atom. The largest absolute Gasteiger partial charge is 0.496 e. The second kappa shape index (κ2) is 7.81. The SMILES string of the molecule is COc1ccc(NC(=O)N(C)C[C@@H]2COc3ccccc3O2)c([N+](=O)[O-])c1. The topological polar surface area (TPSA) is 103 Å². The first-order valence-electron chi connectivity index (χ1n) is 8.21. The van der Waals surface area contributed by atoms with E-state index in [1.54, 1.807) is 13.1 Å². The number of carbonyl (C=O) groups is 1. The van der Waals surface area contributed by atoms with Crippen LogP contribution in [0.25, 0.3) is 0 Å². The van der Waals surface area contributed by atoms with E-state index >= 15 is 0 Å². The Labute approximate surface area is 155 Å². The first-order valence-corrected chi connectivity index (χ1v) is 8.21. The smallest absolute Gasteiger partial charge is 0.321 e. The molecule has 2 aromatic carbocycles. The van der Waals surface area contributed by atoms with Gasteiger partial charge in [-0.2, -0.15) is 0 Å². The predicted molar refractivity (Wildman–Crippen MR) is 97.7 cm³/mol. The molecule has 0 saturated heterocycles. The highest BCUT2D eigenvalue weighted by Crippen LogP contribution is 2.31. The van der Waals surface area contributed by atoms with Crippen molar-refractivity contribution in [2.45, 2.75) is 6.10 Å². The van der Waals surface area contributed by atoms with Gasteiger partial charge in [0, 0.05) is 7.05 Å². The van der Waals surface area contributed by atoms with Crippen molar-refractivity contribution in [2.24, 2.45) is 0 Å². The maximum Gasteiger partial charge on any atom is 0.321 e. The molecule has 1 N–H and O–H groups in total. The molecule has 9 nitrogen and oxygen atoms in total. The van der Waals surface area contributed by atoms with Gasteiger partial charge in [0.05, 0.1) is 24.6 Å². The number of methoxy groups -OCH3 is 1. The van der Waals surface area contributed by atoms with Gasteiger partial charge in [-0.05, 0) is 24.3 Å². The molecule has 1 atom stereocenters. The van der Waals surface area contributed by atoms with Crippen LogP contribution in [-0.2, 0) is 0 Å². The second-order valence-corrected chi connectivity index (χ2v) is 5.95. The number of urea groups is 1. The molecule has 27 heavy (non-hydrogen) atoms. The Morgan fingerprint density at radius 2 is 2.07 bits per heavy atom. The van der Waals surface area contributed by atoms with Gasteiger partial charge >= 0.3 is 6.03 Å². The number of nitro benzene ring substituents is 1. The number of hydrogen-bond donors (Lipinski definition) is 1. The zero-order valence-electron chi connectivity index (χ0n) is 14.9. The lowest BCUT2D eigenvalue weighted by Gasteiger charge is -2.29. The van der Waals surface area contributed by atoms with E-state index in [0.29, 0.717) is 23.9 Å². The average molecular weight is 373 g/mol. The van der Waals surface area contributed by atoms with Crippen molar-refractivity contribution in [1.82, 2.24) is 4.90 Å². The van der Waals surface area contributed by atoms with E-state index < -0.39 is 11.0 Å². The summed E-state index contributed by atoms with van der Waals surface area (Å²) < 4.78 is 16.4. The van der Waals surface area contributed by atoms with Gasteiger partial charge in [0.1, 0.15) is 18.0 Å². The van der Waals surface area contributed by atoms with Crippen molar-refractivity contribution in [3.8, 4) is 17.2 Å². The van der Waals surface area contributed by atoms with E-state index in [-0.39, 0.29) is 24.0 Å². The monoisotopic (exact) mass is 373 g/mol. The van der Waals surface area contributed by atoms with Crippen LogP contribution in [0.5, 0.6) is 17.2 Å². The molecule has 1 aliphatic heterocycles. The van der Waals surface area contributed by atoms with E-state index in [1.807, 2.05) is 18.2 Å². The molecular formula is C18H19N3O6. The molecule has 1 aliphatic rings. The van der Waals surface area contributed by atoms with Crippen LogP contribution in [0.15, 0.2) is 42.5 Å². The summed E-state index contributed by atoms with van der Waals surface area (Å²) in [5.74, 6) is 1.61. The quantitative estimate of drug-likeness (QED) is 0.638. The Bertz CT molecular complexity index is 857.